The lowest BCUT2D eigenvalue weighted by Crippen LogP contribution is -1.98. The van der Waals surface area contributed by atoms with E-state index >= 15 is 0 Å². The lowest BCUT2D eigenvalue weighted by atomic mass is 10.0. The van der Waals surface area contributed by atoms with Gasteiger partial charge in [0.15, 0.2) is 6.29 Å². The van der Waals surface area contributed by atoms with Gasteiger partial charge in [-0.05, 0) is 37.1 Å². The van der Waals surface area contributed by atoms with Crippen LogP contribution in [0.4, 0.5) is 0 Å². The number of benzene rings is 1. The Kier molecular flexibility index (Phi) is 2.67. The first-order chi connectivity index (χ1) is 9.22. The summed E-state index contributed by atoms with van der Waals surface area (Å²) in [4.78, 5) is 15.4. The van der Waals surface area contributed by atoms with E-state index in [2.05, 4.69) is 31.0 Å². The number of hydrogen-bond donors (Lipinski definition) is 0. The van der Waals surface area contributed by atoms with Crippen LogP contribution in [0.2, 0.25) is 0 Å². The maximum atomic E-state index is 11.2. The van der Waals surface area contributed by atoms with E-state index < -0.39 is 0 Å². The maximum absolute atomic E-state index is 11.2. The molecule has 2 aromatic heterocycles. The van der Waals surface area contributed by atoms with E-state index in [4.69, 9.17) is 0 Å². The zero-order valence-corrected chi connectivity index (χ0v) is 10.9. The van der Waals surface area contributed by atoms with Crippen LogP contribution < -0.4 is 0 Å². The van der Waals surface area contributed by atoms with Crippen LogP contribution in [0.5, 0.6) is 0 Å². The minimum atomic E-state index is 0.575. The van der Waals surface area contributed by atoms with Gasteiger partial charge in [-0.1, -0.05) is 24.3 Å². The Morgan fingerprint density at radius 2 is 1.89 bits per heavy atom. The van der Waals surface area contributed by atoms with E-state index in [9.17, 15) is 4.79 Å². The standard InChI is InChI=1S/C16H14N2O/c1-11-5-3-6-14(12(11)2)15-7-4-8-16-17-9-13(10-19)18(15)16/h3-10H,1-2H3. The second-order valence-corrected chi connectivity index (χ2v) is 4.65. The minimum Gasteiger partial charge on any atom is -0.296 e. The number of hydrogen-bond acceptors (Lipinski definition) is 2. The molecule has 0 aliphatic carbocycles. The summed E-state index contributed by atoms with van der Waals surface area (Å²) in [5.74, 6) is 0. The van der Waals surface area contributed by atoms with Crippen molar-refractivity contribution in [1.29, 1.82) is 0 Å². The maximum Gasteiger partial charge on any atom is 0.168 e. The van der Waals surface area contributed by atoms with Gasteiger partial charge in [0, 0.05) is 5.56 Å². The summed E-state index contributed by atoms with van der Waals surface area (Å²) in [5, 5.41) is 0. The van der Waals surface area contributed by atoms with Gasteiger partial charge in [-0.25, -0.2) is 4.98 Å². The molecule has 19 heavy (non-hydrogen) atoms. The molecule has 0 amide bonds. The number of pyridine rings is 1. The molecule has 3 heteroatoms. The first kappa shape index (κ1) is 11.7. The lowest BCUT2D eigenvalue weighted by Gasteiger charge is -2.11. The van der Waals surface area contributed by atoms with Crippen LogP contribution >= 0.6 is 0 Å². The molecule has 0 spiro atoms. The van der Waals surface area contributed by atoms with Crippen molar-refractivity contribution in [2.45, 2.75) is 13.8 Å². The second-order valence-electron chi connectivity index (χ2n) is 4.65. The van der Waals surface area contributed by atoms with E-state index in [1.807, 2.05) is 28.7 Å². The number of aryl methyl sites for hydroxylation is 1. The van der Waals surface area contributed by atoms with Crippen LogP contribution in [0, 0.1) is 13.8 Å². The Bertz CT molecular complexity index is 772. The van der Waals surface area contributed by atoms with Gasteiger partial charge >= 0.3 is 0 Å². The first-order valence-electron chi connectivity index (χ1n) is 6.20. The second kappa shape index (κ2) is 4.35. The molecule has 0 fully saturated rings. The molecular formula is C16H14N2O. The fourth-order valence-corrected chi connectivity index (χ4v) is 2.38. The summed E-state index contributed by atoms with van der Waals surface area (Å²) in [5.41, 5.74) is 5.96. The molecule has 0 atom stereocenters. The van der Waals surface area contributed by atoms with Crippen molar-refractivity contribution in [1.82, 2.24) is 9.38 Å². The fraction of sp³-hybridized carbons (Fsp3) is 0.125. The van der Waals surface area contributed by atoms with Crippen molar-refractivity contribution in [3.63, 3.8) is 0 Å². The van der Waals surface area contributed by atoms with Crippen molar-refractivity contribution in [2.24, 2.45) is 0 Å². The van der Waals surface area contributed by atoms with Crippen LogP contribution in [0.1, 0.15) is 21.6 Å². The third-order valence-electron chi connectivity index (χ3n) is 3.56. The van der Waals surface area contributed by atoms with Gasteiger partial charge in [0.25, 0.3) is 0 Å². The predicted molar refractivity (Wildman–Crippen MR) is 75.5 cm³/mol. The topological polar surface area (TPSA) is 34.4 Å². The van der Waals surface area contributed by atoms with Crippen molar-refractivity contribution < 1.29 is 4.79 Å². The Hall–Kier alpha value is -2.42. The third-order valence-corrected chi connectivity index (χ3v) is 3.56. The van der Waals surface area contributed by atoms with Gasteiger partial charge in [-0.15, -0.1) is 0 Å². The number of aromatic nitrogens is 2. The van der Waals surface area contributed by atoms with Crippen LogP contribution in [-0.2, 0) is 0 Å². The molecule has 1 aromatic carbocycles. The molecule has 3 rings (SSSR count). The third kappa shape index (κ3) is 1.74. The van der Waals surface area contributed by atoms with E-state index in [-0.39, 0.29) is 0 Å². The molecular weight excluding hydrogens is 236 g/mol. The molecule has 0 saturated heterocycles. The summed E-state index contributed by atoms with van der Waals surface area (Å²) in [6, 6.07) is 12.1. The Morgan fingerprint density at radius 3 is 2.68 bits per heavy atom. The van der Waals surface area contributed by atoms with Crippen LogP contribution in [0.3, 0.4) is 0 Å². The van der Waals surface area contributed by atoms with Crippen molar-refractivity contribution in [3.8, 4) is 11.3 Å². The Balaban J connectivity index is 2.39. The van der Waals surface area contributed by atoms with Crippen molar-refractivity contribution in [3.05, 3.63) is 59.4 Å². The summed E-state index contributed by atoms with van der Waals surface area (Å²) in [6.45, 7) is 4.19. The first-order valence-corrected chi connectivity index (χ1v) is 6.20. The highest BCUT2D eigenvalue weighted by atomic mass is 16.1. The Morgan fingerprint density at radius 1 is 1.11 bits per heavy atom. The van der Waals surface area contributed by atoms with Gasteiger partial charge in [0.1, 0.15) is 11.3 Å². The quantitative estimate of drug-likeness (QED) is 0.653. The molecule has 3 aromatic rings. The highest BCUT2D eigenvalue weighted by Gasteiger charge is 2.10. The minimum absolute atomic E-state index is 0.575. The van der Waals surface area contributed by atoms with E-state index in [1.165, 1.54) is 11.1 Å². The summed E-state index contributed by atoms with van der Waals surface area (Å²) < 4.78 is 1.90. The lowest BCUT2D eigenvalue weighted by molar-refractivity contribution is 0.111. The van der Waals surface area contributed by atoms with Gasteiger partial charge in [0.05, 0.1) is 11.9 Å². The zero-order chi connectivity index (χ0) is 13.4. The monoisotopic (exact) mass is 250 g/mol. The number of carbonyl (C=O) groups excluding carboxylic acids is 1. The van der Waals surface area contributed by atoms with Gasteiger partial charge in [0.2, 0.25) is 0 Å². The van der Waals surface area contributed by atoms with Gasteiger partial charge < -0.3 is 0 Å². The van der Waals surface area contributed by atoms with Gasteiger partial charge in [-0.3, -0.25) is 9.20 Å². The van der Waals surface area contributed by atoms with E-state index in [0.29, 0.717) is 5.69 Å². The molecule has 94 valence electrons. The molecule has 0 radical (unpaired) electrons. The Labute approximate surface area is 111 Å². The van der Waals surface area contributed by atoms with Crippen molar-refractivity contribution in [2.75, 3.05) is 0 Å². The molecule has 0 aliphatic rings. The summed E-state index contributed by atoms with van der Waals surface area (Å²) >= 11 is 0. The van der Waals surface area contributed by atoms with Crippen LogP contribution in [0.25, 0.3) is 16.9 Å². The number of aldehydes is 1. The van der Waals surface area contributed by atoms with E-state index in [1.54, 1.807) is 6.20 Å². The molecule has 0 N–H and O–H groups in total. The highest BCUT2D eigenvalue weighted by molar-refractivity contribution is 5.78. The number of carbonyl (C=O) groups is 1. The zero-order valence-electron chi connectivity index (χ0n) is 10.9. The highest BCUT2D eigenvalue weighted by Crippen LogP contribution is 2.26. The number of fused-ring (bicyclic) bond motifs is 1. The van der Waals surface area contributed by atoms with Crippen molar-refractivity contribution >= 4 is 11.9 Å². The average Bonchev–Trinajstić information content (AvgIpc) is 2.85. The molecule has 0 unspecified atom stereocenters. The molecule has 0 aliphatic heterocycles. The summed E-state index contributed by atoms with van der Waals surface area (Å²) in [7, 11) is 0. The SMILES string of the molecule is Cc1cccc(-c2cccc3ncc(C=O)n23)c1C. The number of imidazole rings is 1. The van der Waals surface area contributed by atoms with Crippen LogP contribution in [-0.4, -0.2) is 15.7 Å². The largest absolute Gasteiger partial charge is 0.296 e. The normalized spacial score (nSPS) is 10.8. The van der Waals surface area contributed by atoms with Crippen LogP contribution in [0.15, 0.2) is 42.6 Å². The summed E-state index contributed by atoms with van der Waals surface area (Å²) in [6.07, 6.45) is 2.45. The molecule has 0 saturated carbocycles. The van der Waals surface area contributed by atoms with E-state index in [0.717, 1.165) is 23.2 Å². The molecule has 2 heterocycles. The molecule has 0 bridgehead atoms. The predicted octanol–water partition coefficient (Wildman–Crippen LogP) is 3.43. The number of rotatable bonds is 2. The molecule has 3 nitrogen and oxygen atoms in total. The fourth-order valence-electron chi connectivity index (χ4n) is 2.38. The number of nitrogens with zero attached hydrogens (tertiary/aromatic N) is 2. The average molecular weight is 250 g/mol. The smallest absolute Gasteiger partial charge is 0.168 e. The van der Waals surface area contributed by atoms with Gasteiger partial charge in [-0.2, -0.15) is 0 Å².